The molecule has 0 saturated heterocycles. The van der Waals surface area contributed by atoms with Crippen molar-refractivity contribution in [1.29, 1.82) is 0 Å². The fourth-order valence-corrected chi connectivity index (χ4v) is 0.946. The van der Waals surface area contributed by atoms with E-state index in [1.165, 1.54) is 19.4 Å². The smallest absolute Gasteiger partial charge is 0.0593 e. The van der Waals surface area contributed by atoms with Gasteiger partial charge >= 0.3 is 0 Å². The minimum atomic E-state index is 0.624. The highest BCUT2D eigenvalue weighted by Crippen LogP contribution is 1.90. The second-order valence-electron chi connectivity index (χ2n) is 3.06. The second-order valence-corrected chi connectivity index (χ2v) is 3.06. The van der Waals surface area contributed by atoms with E-state index < -0.39 is 0 Å². The number of likely N-dealkylation sites (N-methyl/N-ethyl adjacent to an activating group) is 1. The van der Waals surface area contributed by atoms with Gasteiger partial charge in [0.15, 0.2) is 0 Å². The molecule has 0 aliphatic heterocycles. The SMILES string of the molecule is CCCCN(C)CCOCCN. The quantitative estimate of drug-likeness (QED) is 0.550. The largest absolute Gasteiger partial charge is 0.379 e. The third-order valence-electron chi connectivity index (χ3n) is 1.77. The number of nitrogens with zero attached hydrogens (tertiary/aromatic N) is 1. The van der Waals surface area contributed by atoms with E-state index in [0.717, 1.165) is 13.2 Å². The predicted molar refractivity (Wildman–Crippen MR) is 52.3 cm³/mol. The van der Waals surface area contributed by atoms with Crippen LogP contribution in [-0.4, -0.2) is 44.8 Å². The molecule has 0 bridgehead atoms. The van der Waals surface area contributed by atoms with Gasteiger partial charge in [0.25, 0.3) is 0 Å². The molecule has 0 aromatic heterocycles. The van der Waals surface area contributed by atoms with E-state index in [0.29, 0.717) is 13.2 Å². The molecule has 12 heavy (non-hydrogen) atoms. The number of nitrogens with two attached hydrogens (primary N) is 1. The Morgan fingerprint density at radius 3 is 2.58 bits per heavy atom. The van der Waals surface area contributed by atoms with Crippen LogP contribution in [0.15, 0.2) is 0 Å². The van der Waals surface area contributed by atoms with Crippen LogP contribution >= 0.6 is 0 Å². The Hall–Kier alpha value is -0.120. The number of hydrogen-bond acceptors (Lipinski definition) is 3. The molecule has 0 aliphatic carbocycles. The molecule has 0 spiro atoms. The lowest BCUT2D eigenvalue weighted by atomic mass is 10.3. The summed E-state index contributed by atoms with van der Waals surface area (Å²) in [5, 5.41) is 0. The summed E-state index contributed by atoms with van der Waals surface area (Å²) in [5.41, 5.74) is 5.29. The molecule has 0 aliphatic rings. The monoisotopic (exact) mass is 174 g/mol. The van der Waals surface area contributed by atoms with Crippen LogP contribution in [0.4, 0.5) is 0 Å². The summed E-state index contributed by atoms with van der Waals surface area (Å²) in [6.07, 6.45) is 2.53. The number of ether oxygens (including phenoxy) is 1. The lowest BCUT2D eigenvalue weighted by Gasteiger charge is -2.15. The highest BCUT2D eigenvalue weighted by atomic mass is 16.5. The summed E-state index contributed by atoms with van der Waals surface area (Å²) in [7, 11) is 2.13. The van der Waals surface area contributed by atoms with Crippen molar-refractivity contribution in [3.8, 4) is 0 Å². The van der Waals surface area contributed by atoms with Crippen molar-refractivity contribution in [2.75, 3.05) is 39.9 Å². The minimum Gasteiger partial charge on any atom is -0.379 e. The highest BCUT2D eigenvalue weighted by molar-refractivity contribution is 4.49. The van der Waals surface area contributed by atoms with Crippen molar-refractivity contribution in [2.24, 2.45) is 5.73 Å². The molecule has 74 valence electrons. The van der Waals surface area contributed by atoms with Crippen LogP contribution in [0.1, 0.15) is 19.8 Å². The van der Waals surface area contributed by atoms with Gasteiger partial charge in [-0.05, 0) is 20.0 Å². The van der Waals surface area contributed by atoms with Crippen molar-refractivity contribution in [2.45, 2.75) is 19.8 Å². The fourth-order valence-electron chi connectivity index (χ4n) is 0.946. The summed E-state index contributed by atoms with van der Waals surface area (Å²) < 4.78 is 5.27. The number of hydrogen-bond donors (Lipinski definition) is 1. The lowest BCUT2D eigenvalue weighted by molar-refractivity contribution is 0.117. The first-order valence-electron chi connectivity index (χ1n) is 4.77. The van der Waals surface area contributed by atoms with E-state index in [4.69, 9.17) is 10.5 Å². The van der Waals surface area contributed by atoms with Gasteiger partial charge in [0, 0.05) is 13.1 Å². The number of unbranched alkanes of at least 4 members (excludes halogenated alkanes) is 1. The summed E-state index contributed by atoms with van der Waals surface area (Å²) in [5.74, 6) is 0. The molecular weight excluding hydrogens is 152 g/mol. The van der Waals surface area contributed by atoms with Crippen molar-refractivity contribution >= 4 is 0 Å². The van der Waals surface area contributed by atoms with E-state index in [2.05, 4.69) is 18.9 Å². The zero-order valence-electron chi connectivity index (χ0n) is 8.38. The Morgan fingerprint density at radius 1 is 1.25 bits per heavy atom. The van der Waals surface area contributed by atoms with Crippen molar-refractivity contribution in [1.82, 2.24) is 4.90 Å². The van der Waals surface area contributed by atoms with E-state index in [9.17, 15) is 0 Å². The Labute approximate surface area is 75.9 Å². The maximum atomic E-state index is 5.29. The fraction of sp³-hybridized carbons (Fsp3) is 1.00. The third-order valence-corrected chi connectivity index (χ3v) is 1.77. The maximum absolute atomic E-state index is 5.29. The highest BCUT2D eigenvalue weighted by Gasteiger charge is 1.95. The molecule has 3 heteroatoms. The first-order chi connectivity index (χ1) is 5.81. The van der Waals surface area contributed by atoms with Gasteiger partial charge in [-0.25, -0.2) is 0 Å². The molecule has 0 atom stereocenters. The molecule has 0 unspecified atom stereocenters. The van der Waals surface area contributed by atoms with Gasteiger partial charge in [0.05, 0.1) is 13.2 Å². The molecule has 0 rings (SSSR count). The van der Waals surface area contributed by atoms with Gasteiger partial charge in [-0.3, -0.25) is 0 Å². The lowest BCUT2D eigenvalue weighted by Crippen LogP contribution is -2.25. The van der Waals surface area contributed by atoms with Gasteiger partial charge in [-0.15, -0.1) is 0 Å². The van der Waals surface area contributed by atoms with Crippen LogP contribution in [0.2, 0.25) is 0 Å². The Bertz CT molecular complexity index is 88.6. The van der Waals surface area contributed by atoms with E-state index in [1.807, 2.05) is 0 Å². The van der Waals surface area contributed by atoms with Crippen LogP contribution < -0.4 is 5.73 Å². The zero-order chi connectivity index (χ0) is 9.23. The zero-order valence-corrected chi connectivity index (χ0v) is 8.38. The van der Waals surface area contributed by atoms with Crippen molar-refractivity contribution in [3.63, 3.8) is 0 Å². The van der Waals surface area contributed by atoms with Crippen LogP contribution in [0.25, 0.3) is 0 Å². The molecule has 0 aromatic rings. The van der Waals surface area contributed by atoms with Crippen LogP contribution in [-0.2, 0) is 4.74 Å². The topological polar surface area (TPSA) is 38.5 Å². The summed E-state index contributed by atoms with van der Waals surface area (Å²) in [6, 6.07) is 0. The van der Waals surface area contributed by atoms with Crippen molar-refractivity contribution in [3.05, 3.63) is 0 Å². The summed E-state index contributed by atoms with van der Waals surface area (Å²) in [4.78, 5) is 2.29. The minimum absolute atomic E-state index is 0.624. The molecular formula is C9H22N2O. The van der Waals surface area contributed by atoms with Gasteiger partial charge in [0.2, 0.25) is 0 Å². The molecule has 0 aromatic carbocycles. The van der Waals surface area contributed by atoms with Crippen LogP contribution in [0, 0.1) is 0 Å². The van der Waals surface area contributed by atoms with Crippen LogP contribution in [0.3, 0.4) is 0 Å². The average molecular weight is 174 g/mol. The Balaban J connectivity index is 3.02. The van der Waals surface area contributed by atoms with Crippen molar-refractivity contribution < 1.29 is 4.74 Å². The molecule has 0 fully saturated rings. The maximum Gasteiger partial charge on any atom is 0.0593 e. The van der Waals surface area contributed by atoms with E-state index >= 15 is 0 Å². The van der Waals surface area contributed by atoms with Gasteiger partial charge in [0.1, 0.15) is 0 Å². The summed E-state index contributed by atoms with van der Waals surface area (Å²) >= 11 is 0. The van der Waals surface area contributed by atoms with E-state index in [1.54, 1.807) is 0 Å². The second kappa shape index (κ2) is 8.97. The first kappa shape index (κ1) is 11.9. The molecule has 0 saturated carbocycles. The molecule has 0 amide bonds. The molecule has 2 N–H and O–H groups in total. The van der Waals surface area contributed by atoms with Gasteiger partial charge in [-0.1, -0.05) is 13.3 Å². The third kappa shape index (κ3) is 7.98. The first-order valence-corrected chi connectivity index (χ1v) is 4.77. The Morgan fingerprint density at radius 2 is 2.00 bits per heavy atom. The molecule has 0 radical (unpaired) electrons. The van der Waals surface area contributed by atoms with E-state index in [-0.39, 0.29) is 0 Å². The molecule has 0 heterocycles. The standard InChI is InChI=1S/C9H22N2O/c1-3-4-6-11(2)7-9-12-8-5-10/h3-10H2,1-2H3. The summed E-state index contributed by atoms with van der Waals surface area (Å²) in [6.45, 7) is 6.50. The molecule has 3 nitrogen and oxygen atoms in total. The predicted octanol–water partition coefficient (Wildman–Crippen LogP) is 0.694. The average Bonchev–Trinajstić information content (AvgIpc) is 2.09. The van der Waals surface area contributed by atoms with Crippen LogP contribution in [0.5, 0.6) is 0 Å². The normalized spacial score (nSPS) is 11.0. The van der Waals surface area contributed by atoms with Gasteiger partial charge in [-0.2, -0.15) is 0 Å². The van der Waals surface area contributed by atoms with Gasteiger partial charge < -0.3 is 15.4 Å². The Kier molecular flexibility index (Phi) is 8.88. The number of rotatable bonds is 8.